The van der Waals surface area contributed by atoms with Crippen LogP contribution in [0.5, 0.6) is 0 Å². The number of nitrogens with zero attached hydrogens (tertiary/aromatic N) is 3. The van der Waals surface area contributed by atoms with E-state index in [1.54, 1.807) is 0 Å². The zero-order valence-electron chi connectivity index (χ0n) is 38.4. The van der Waals surface area contributed by atoms with Gasteiger partial charge >= 0.3 is 0 Å². The lowest BCUT2D eigenvalue weighted by Crippen LogP contribution is -2.34. The Hall–Kier alpha value is -8.46. The summed E-state index contributed by atoms with van der Waals surface area (Å²) in [5, 5.41) is 18.8. The molecule has 4 nitrogen and oxygen atoms in total. The molecular formula is C65H38N4S3. The van der Waals surface area contributed by atoms with Crippen LogP contribution in [0.25, 0.3) is 121 Å². The van der Waals surface area contributed by atoms with Crippen molar-refractivity contribution in [3.05, 3.63) is 235 Å². The lowest BCUT2D eigenvalue weighted by atomic mass is 9.93. The molecule has 0 aliphatic carbocycles. The lowest BCUT2D eigenvalue weighted by Gasteiger charge is -2.27. The van der Waals surface area contributed by atoms with Crippen molar-refractivity contribution in [2.24, 2.45) is 9.98 Å². The van der Waals surface area contributed by atoms with Crippen molar-refractivity contribution in [3.8, 4) is 16.8 Å². The van der Waals surface area contributed by atoms with Crippen LogP contribution in [0.15, 0.2) is 228 Å². The Kier molecular flexibility index (Phi) is 8.68. The largest absolute Gasteiger partial charge is 0.344 e. The Balaban J connectivity index is 0.991. The summed E-state index contributed by atoms with van der Waals surface area (Å²) in [6.45, 7) is 0. The van der Waals surface area contributed by atoms with Crippen LogP contribution in [0.2, 0.25) is 0 Å². The van der Waals surface area contributed by atoms with Crippen LogP contribution in [0, 0.1) is 0 Å². The standard InChI is InChI=1S/C65H38N4S3/c1-2-16-39-35-52-50(34-38(39)15-1)59-41-17-4-3-14-37(41)30-33-51(59)69(52)40-31-32-43(49(36-40)42-21-11-27-56-60(42)44-18-5-8-24-53(44)70-56)63-66-64(47-22-12-28-57-61(47)45-19-6-9-25-54(45)71-57)68-65(67-63)48-23-13-29-58-62(48)46-20-7-10-26-55(46)72-58/h1-36,63H,(H,66,67,68). The van der Waals surface area contributed by atoms with Crippen LogP contribution in [0.3, 0.4) is 0 Å². The predicted molar refractivity (Wildman–Crippen MR) is 312 cm³/mol. The van der Waals surface area contributed by atoms with E-state index in [0.717, 1.165) is 39.6 Å². The van der Waals surface area contributed by atoms with Gasteiger partial charge in [0.05, 0.1) is 11.0 Å². The van der Waals surface area contributed by atoms with Gasteiger partial charge in [0.15, 0.2) is 5.84 Å². The number of fused-ring (bicyclic) bond motifs is 15. The van der Waals surface area contributed by atoms with Gasteiger partial charge in [0, 0.05) is 93.7 Å². The second kappa shape index (κ2) is 15.5. The molecule has 0 fully saturated rings. The fourth-order valence-electron chi connectivity index (χ4n) is 11.7. The number of thiophene rings is 3. The van der Waals surface area contributed by atoms with Crippen LogP contribution < -0.4 is 5.32 Å². The topological polar surface area (TPSA) is 41.7 Å². The first-order valence-corrected chi connectivity index (χ1v) is 26.8. The van der Waals surface area contributed by atoms with Gasteiger partial charge in [-0.1, -0.05) is 152 Å². The van der Waals surface area contributed by atoms with Gasteiger partial charge in [-0.05, 0) is 99.4 Å². The second-order valence-corrected chi connectivity index (χ2v) is 22.0. The fraction of sp³-hybridized carbons (Fsp3) is 0.0154. The maximum Gasteiger partial charge on any atom is 0.160 e. The van der Waals surface area contributed by atoms with Crippen molar-refractivity contribution in [1.29, 1.82) is 0 Å². The summed E-state index contributed by atoms with van der Waals surface area (Å²) in [6.07, 6.45) is -0.497. The van der Waals surface area contributed by atoms with E-state index in [9.17, 15) is 0 Å². The van der Waals surface area contributed by atoms with E-state index >= 15 is 0 Å². The minimum atomic E-state index is -0.497. The molecule has 4 aromatic heterocycles. The number of hydrogen-bond donors (Lipinski definition) is 1. The summed E-state index contributed by atoms with van der Waals surface area (Å²) in [5.41, 5.74) is 8.92. The molecule has 1 aliphatic heterocycles. The minimum Gasteiger partial charge on any atom is -0.344 e. The average molecular weight is 971 g/mol. The van der Waals surface area contributed by atoms with Crippen LogP contribution in [0.4, 0.5) is 0 Å². The first kappa shape index (κ1) is 40.3. The minimum absolute atomic E-state index is 0.497. The molecule has 336 valence electrons. The molecule has 16 rings (SSSR count). The maximum absolute atomic E-state index is 5.76. The molecule has 72 heavy (non-hydrogen) atoms. The molecule has 1 aliphatic rings. The molecule has 0 amide bonds. The maximum atomic E-state index is 5.76. The highest BCUT2D eigenvalue weighted by Crippen LogP contribution is 2.46. The van der Waals surface area contributed by atoms with Crippen molar-refractivity contribution in [2.75, 3.05) is 0 Å². The zero-order valence-corrected chi connectivity index (χ0v) is 40.9. The van der Waals surface area contributed by atoms with Gasteiger partial charge in [0.25, 0.3) is 0 Å². The number of benzene rings is 11. The molecule has 1 atom stereocenters. The number of rotatable bonds is 5. The summed E-state index contributed by atoms with van der Waals surface area (Å²) in [7, 11) is 0. The van der Waals surface area contributed by atoms with Gasteiger partial charge in [-0.15, -0.1) is 34.0 Å². The second-order valence-electron chi connectivity index (χ2n) is 18.8. The molecule has 15 aromatic rings. The van der Waals surface area contributed by atoms with Crippen LogP contribution >= 0.6 is 34.0 Å². The third kappa shape index (κ3) is 5.96. The van der Waals surface area contributed by atoms with E-state index < -0.39 is 6.17 Å². The van der Waals surface area contributed by atoms with Gasteiger partial charge in [-0.2, -0.15) is 0 Å². The smallest absolute Gasteiger partial charge is 0.160 e. The van der Waals surface area contributed by atoms with E-state index in [0.29, 0.717) is 0 Å². The lowest BCUT2D eigenvalue weighted by molar-refractivity contribution is 0.676. The van der Waals surface area contributed by atoms with E-state index in [1.165, 1.54) is 109 Å². The van der Waals surface area contributed by atoms with Crippen molar-refractivity contribution in [2.45, 2.75) is 6.17 Å². The highest BCUT2D eigenvalue weighted by Gasteiger charge is 2.28. The normalized spacial score (nSPS) is 14.2. The van der Waals surface area contributed by atoms with Crippen molar-refractivity contribution in [3.63, 3.8) is 0 Å². The zero-order chi connectivity index (χ0) is 47.0. The van der Waals surface area contributed by atoms with Crippen LogP contribution in [0.1, 0.15) is 22.9 Å². The first-order chi connectivity index (χ1) is 35.7. The Morgan fingerprint density at radius 2 is 0.889 bits per heavy atom. The summed E-state index contributed by atoms with van der Waals surface area (Å²) >= 11 is 5.51. The number of aliphatic imine (C=N–C) groups is 2. The van der Waals surface area contributed by atoms with Gasteiger partial charge in [-0.25, -0.2) is 9.98 Å². The summed E-state index contributed by atoms with van der Waals surface area (Å²) in [4.78, 5) is 11.4. The van der Waals surface area contributed by atoms with Gasteiger partial charge in [-0.3, -0.25) is 0 Å². The SMILES string of the molecule is c1ccc2cc3c(cc2c1)c1c2ccccc2ccc1n3-c1ccc(C2N=C(c3cccc4sc5ccccc5c34)N=C(c3cccc4sc5ccccc5c34)N2)c(-c2cccc3sc4ccccc4c23)c1. The fourth-order valence-corrected chi connectivity index (χ4v) is 15.1. The van der Waals surface area contributed by atoms with Crippen molar-refractivity contribution in [1.82, 2.24) is 9.88 Å². The summed E-state index contributed by atoms with van der Waals surface area (Å²) in [6, 6.07) is 80.4. The molecule has 7 heteroatoms. The van der Waals surface area contributed by atoms with E-state index in [-0.39, 0.29) is 0 Å². The molecule has 0 saturated heterocycles. The van der Waals surface area contributed by atoms with Crippen molar-refractivity contribution < 1.29 is 0 Å². The van der Waals surface area contributed by atoms with E-state index in [4.69, 9.17) is 9.98 Å². The number of nitrogens with one attached hydrogen (secondary N) is 1. The molecular weight excluding hydrogens is 933 g/mol. The molecule has 0 bridgehead atoms. The predicted octanol–water partition coefficient (Wildman–Crippen LogP) is 18.4. The molecule has 0 saturated carbocycles. The third-order valence-corrected chi connectivity index (χ3v) is 18.3. The highest BCUT2D eigenvalue weighted by atomic mass is 32.1. The Labute approximate surface area is 424 Å². The summed E-state index contributed by atoms with van der Waals surface area (Å²) in [5.74, 6) is 1.53. The monoisotopic (exact) mass is 970 g/mol. The molecule has 1 N–H and O–H groups in total. The average Bonchev–Trinajstić information content (AvgIpc) is 4.21. The molecule has 1 unspecified atom stereocenters. The molecule has 0 spiro atoms. The third-order valence-electron chi connectivity index (χ3n) is 14.8. The Bertz CT molecular complexity index is 4870. The van der Waals surface area contributed by atoms with Gasteiger partial charge in [0.1, 0.15) is 12.0 Å². The van der Waals surface area contributed by atoms with Crippen LogP contribution in [-0.2, 0) is 0 Å². The number of aromatic nitrogens is 1. The van der Waals surface area contributed by atoms with Crippen molar-refractivity contribution >= 4 is 150 Å². The Morgan fingerprint density at radius 3 is 1.56 bits per heavy atom. The quantitative estimate of drug-likeness (QED) is 0.183. The Morgan fingerprint density at radius 1 is 0.361 bits per heavy atom. The van der Waals surface area contributed by atoms with Gasteiger partial charge < -0.3 is 9.88 Å². The molecule has 5 heterocycles. The van der Waals surface area contributed by atoms with Crippen LogP contribution in [-0.4, -0.2) is 16.2 Å². The first-order valence-electron chi connectivity index (χ1n) is 24.3. The number of hydrogen-bond acceptors (Lipinski definition) is 6. The summed E-state index contributed by atoms with van der Waals surface area (Å²) < 4.78 is 10.00. The van der Waals surface area contributed by atoms with E-state index in [2.05, 4.69) is 228 Å². The number of amidine groups is 2. The van der Waals surface area contributed by atoms with Gasteiger partial charge in [0.2, 0.25) is 0 Å². The van der Waals surface area contributed by atoms with E-state index in [1.807, 2.05) is 34.0 Å². The highest BCUT2D eigenvalue weighted by molar-refractivity contribution is 7.26. The molecule has 11 aromatic carbocycles. The molecule has 0 radical (unpaired) electrons.